The Bertz CT molecular complexity index is 3300. The van der Waals surface area contributed by atoms with Crippen molar-refractivity contribution in [2.45, 2.75) is 5.41 Å². The Kier molecular flexibility index (Phi) is 7.48. The topological polar surface area (TPSA) is 9.86 Å². The summed E-state index contributed by atoms with van der Waals surface area (Å²) in [5.74, 6) is 0. The predicted octanol–water partition coefficient (Wildman–Crippen LogP) is 14.4. The largest absolute Gasteiger partial charge is 0.315 e. The molecule has 0 atom stereocenters. The molecule has 0 radical (unpaired) electrons. The first-order valence-corrected chi connectivity index (χ1v) is 20.4. The van der Waals surface area contributed by atoms with Gasteiger partial charge in [0.15, 0.2) is 0 Å². The molecule has 0 fully saturated rings. The molecule has 0 saturated carbocycles. The predicted molar refractivity (Wildman–Crippen MR) is 246 cm³/mol. The summed E-state index contributed by atoms with van der Waals surface area (Å²) >= 11 is 0. The van der Waals surface area contributed by atoms with Gasteiger partial charge in [0, 0.05) is 33.7 Å². The van der Waals surface area contributed by atoms with Crippen LogP contribution in [0.5, 0.6) is 0 Å². The quantitative estimate of drug-likeness (QED) is 0.160. The van der Waals surface area contributed by atoms with Crippen molar-refractivity contribution in [3.8, 4) is 44.8 Å². The lowest BCUT2D eigenvalue weighted by atomic mass is 9.67. The number of hydrogen-bond donors (Lipinski definition) is 0. The van der Waals surface area contributed by atoms with E-state index in [1.54, 1.807) is 0 Å². The van der Waals surface area contributed by atoms with Gasteiger partial charge in [-0.15, -0.1) is 0 Å². The van der Waals surface area contributed by atoms with Gasteiger partial charge in [-0.05, 0) is 104 Å². The Hall–Kier alpha value is -7.68. The normalized spacial score (nSPS) is 12.9. The lowest BCUT2D eigenvalue weighted by molar-refractivity contribution is 0.769. The average Bonchev–Trinajstić information content (AvgIpc) is 3.99. The maximum absolute atomic E-state index is 2.45. The monoisotopic (exact) mass is 750 g/mol. The second-order valence-corrected chi connectivity index (χ2v) is 15.7. The van der Waals surface area contributed by atoms with E-state index in [1.165, 1.54) is 88.3 Å². The van der Waals surface area contributed by atoms with Crippen LogP contribution in [-0.4, -0.2) is 9.13 Å². The molecule has 12 rings (SSSR count). The minimum Gasteiger partial charge on any atom is -0.315 e. The third-order valence-electron chi connectivity index (χ3n) is 12.6. The van der Waals surface area contributed by atoms with Gasteiger partial charge in [-0.2, -0.15) is 0 Å². The summed E-state index contributed by atoms with van der Waals surface area (Å²) in [7, 11) is 0. The molecule has 0 N–H and O–H groups in total. The van der Waals surface area contributed by atoms with Crippen LogP contribution in [0, 0.1) is 0 Å². The summed E-state index contributed by atoms with van der Waals surface area (Å²) < 4.78 is 4.77. The molecule has 0 amide bonds. The number of para-hydroxylation sites is 2. The Balaban J connectivity index is 0.993. The van der Waals surface area contributed by atoms with Crippen molar-refractivity contribution in [2.24, 2.45) is 0 Å². The summed E-state index contributed by atoms with van der Waals surface area (Å²) in [6.07, 6.45) is 2.20. The fraction of sp³-hybridized carbons (Fsp3) is 0.0175. The first-order chi connectivity index (χ1) is 29.3. The summed E-state index contributed by atoms with van der Waals surface area (Å²) in [4.78, 5) is 0. The molecule has 2 aromatic heterocycles. The van der Waals surface area contributed by atoms with Crippen molar-refractivity contribution in [3.63, 3.8) is 0 Å². The first-order valence-electron chi connectivity index (χ1n) is 20.4. The van der Waals surface area contributed by atoms with Crippen LogP contribution < -0.4 is 0 Å². The van der Waals surface area contributed by atoms with Crippen LogP contribution in [0.3, 0.4) is 0 Å². The Labute approximate surface area is 343 Å². The number of hydrogen-bond acceptors (Lipinski definition) is 0. The first kappa shape index (κ1) is 33.5. The van der Waals surface area contributed by atoms with Crippen LogP contribution >= 0.6 is 0 Å². The molecule has 2 heteroatoms. The molecular formula is C57H38N2. The van der Waals surface area contributed by atoms with Crippen LogP contribution in [0.4, 0.5) is 0 Å². The number of fused-ring (bicyclic) bond motifs is 8. The molecule has 11 aromatic rings. The van der Waals surface area contributed by atoms with E-state index in [2.05, 4.69) is 240 Å². The van der Waals surface area contributed by atoms with E-state index in [4.69, 9.17) is 0 Å². The van der Waals surface area contributed by atoms with Gasteiger partial charge in [-0.3, -0.25) is 0 Å². The molecule has 0 bridgehead atoms. The van der Waals surface area contributed by atoms with E-state index in [0.717, 1.165) is 11.4 Å². The van der Waals surface area contributed by atoms with Crippen molar-refractivity contribution in [1.29, 1.82) is 0 Å². The Morgan fingerprint density at radius 3 is 1.56 bits per heavy atom. The van der Waals surface area contributed by atoms with E-state index in [-0.39, 0.29) is 0 Å². The minimum absolute atomic E-state index is 0.424. The second kappa shape index (κ2) is 13.2. The summed E-state index contributed by atoms with van der Waals surface area (Å²) in [5, 5.41) is 3.70. The zero-order valence-corrected chi connectivity index (χ0v) is 32.3. The van der Waals surface area contributed by atoms with Gasteiger partial charge < -0.3 is 9.13 Å². The van der Waals surface area contributed by atoms with E-state index < -0.39 is 5.41 Å². The lowest BCUT2D eigenvalue weighted by Crippen LogP contribution is -2.28. The number of nitrogens with zero attached hydrogens (tertiary/aromatic N) is 2. The molecule has 0 saturated heterocycles. The van der Waals surface area contributed by atoms with Gasteiger partial charge in [-0.25, -0.2) is 0 Å². The molecule has 2 nitrogen and oxygen atoms in total. The SMILES string of the molecule is c1ccc(-n2ccc3ccc4c5cc(-c6ccc(-c7ccc8c(c7)C(c7ccccc7)(c7ccccc7)c7ccccc7-8)cc6)ccc5n(-c5ccccc5)c4c32)cc1. The Morgan fingerprint density at radius 1 is 0.339 bits per heavy atom. The fourth-order valence-electron chi connectivity index (χ4n) is 10.0. The number of benzene rings is 9. The van der Waals surface area contributed by atoms with Gasteiger partial charge in [-0.1, -0.05) is 176 Å². The maximum atomic E-state index is 2.45. The minimum atomic E-state index is -0.424. The zero-order chi connectivity index (χ0) is 38.9. The molecule has 9 aromatic carbocycles. The molecule has 0 aliphatic heterocycles. The third kappa shape index (κ3) is 5.00. The standard InChI is InChI=1S/C57H38N2/c1-5-15-44(16-6-1)57(45-17-7-2-8-18-45)52-24-14-13-23-48(52)49-32-30-43(38-53(49)57)40-27-25-39(26-28-40)42-31-34-54-51(37-42)50-33-29-41-35-36-58(46-19-9-3-10-20-46)55(41)56(50)59(54)47-21-11-4-12-22-47/h1-38H. The van der Waals surface area contributed by atoms with Crippen molar-refractivity contribution >= 4 is 32.7 Å². The highest BCUT2D eigenvalue weighted by Crippen LogP contribution is 2.56. The second-order valence-electron chi connectivity index (χ2n) is 15.7. The summed E-state index contributed by atoms with van der Waals surface area (Å²) in [6, 6.07) is 82.5. The Morgan fingerprint density at radius 2 is 0.881 bits per heavy atom. The van der Waals surface area contributed by atoms with Gasteiger partial charge in [0.2, 0.25) is 0 Å². The number of rotatable bonds is 6. The van der Waals surface area contributed by atoms with Crippen molar-refractivity contribution < 1.29 is 0 Å². The van der Waals surface area contributed by atoms with Crippen molar-refractivity contribution in [2.75, 3.05) is 0 Å². The van der Waals surface area contributed by atoms with Crippen LogP contribution in [0.2, 0.25) is 0 Å². The van der Waals surface area contributed by atoms with E-state index >= 15 is 0 Å². The smallest absolute Gasteiger partial charge is 0.0788 e. The van der Waals surface area contributed by atoms with Gasteiger partial charge in [0.05, 0.1) is 22.0 Å². The van der Waals surface area contributed by atoms with Gasteiger partial charge in [0.25, 0.3) is 0 Å². The summed E-state index contributed by atoms with van der Waals surface area (Å²) in [6.45, 7) is 0. The van der Waals surface area contributed by atoms with Crippen molar-refractivity contribution in [1.82, 2.24) is 9.13 Å². The van der Waals surface area contributed by atoms with E-state index in [0.29, 0.717) is 0 Å². The molecule has 0 unspecified atom stereocenters. The molecule has 59 heavy (non-hydrogen) atoms. The zero-order valence-electron chi connectivity index (χ0n) is 32.3. The average molecular weight is 751 g/mol. The molecule has 1 aliphatic carbocycles. The van der Waals surface area contributed by atoms with Crippen molar-refractivity contribution in [3.05, 3.63) is 253 Å². The fourth-order valence-corrected chi connectivity index (χ4v) is 10.0. The third-order valence-corrected chi connectivity index (χ3v) is 12.6. The highest BCUT2D eigenvalue weighted by molar-refractivity contribution is 6.18. The molecule has 1 aliphatic rings. The van der Waals surface area contributed by atoms with Crippen LogP contribution in [0.15, 0.2) is 231 Å². The van der Waals surface area contributed by atoms with E-state index in [9.17, 15) is 0 Å². The molecule has 2 heterocycles. The highest BCUT2D eigenvalue weighted by atomic mass is 15.0. The number of aromatic nitrogens is 2. The molecule has 276 valence electrons. The molecule has 0 spiro atoms. The highest BCUT2D eigenvalue weighted by Gasteiger charge is 2.46. The van der Waals surface area contributed by atoms with Crippen LogP contribution in [0.25, 0.3) is 77.5 Å². The van der Waals surface area contributed by atoms with E-state index in [1.807, 2.05) is 0 Å². The van der Waals surface area contributed by atoms with Gasteiger partial charge >= 0.3 is 0 Å². The molecular weight excluding hydrogens is 713 g/mol. The van der Waals surface area contributed by atoms with Crippen LogP contribution in [0.1, 0.15) is 22.3 Å². The lowest BCUT2D eigenvalue weighted by Gasteiger charge is -2.34. The maximum Gasteiger partial charge on any atom is 0.0788 e. The van der Waals surface area contributed by atoms with Gasteiger partial charge in [0.1, 0.15) is 0 Å². The summed E-state index contributed by atoms with van der Waals surface area (Å²) in [5.41, 5.74) is 18.1. The van der Waals surface area contributed by atoms with Crippen LogP contribution in [-0.2, 0) is 5.41 Å².